The van der Waals surface area contributed by atoms with Crippen LogP contribution in [0, 0.1) is 18.8 Å². The number of aryl methyl sites for hydroxylation is 1. The van der Waals surface area contributed by atoms with E-state index in [0.29, 0.717) is 6.04 Å². The lowest BCUT2D eigenvalue weighted by Crippen LogP contribution is -2.38. The molecule has 2 heterocycles. The van der Waals surface area contributed by atoms with Crippen LogP contribution in [0.2, 0.25) is 0 Å². The smallest absolute Gasteiger partial charge is 0.0536 e. The summed E-state index contributed by atoms with van der Waals surface area (Å²) < 4.78 is 2.05. The topological polar surface area (TPSA) is 47.1 Å². The molecule has 0 amide bonds. The first-order valence-corrected chi connectivity index (χ1v) is 7.19. The molecule has 4 nitrogen and oxygen atoms in total. The minimum absolute atomic E-state index is 0.445. The first-order valence-electron chi connectivity index (χ1n) is 7.19. The second-order valence-electron chi connectivity index (χ2n) is 6.06. The summed E-state index contributed by atoms with van der Waals surface area (Å²) in [6, 6.07) is 0.445. The van der Waals surface area contributed by atoms with Gasteiger partial charge in [0.15, 0.2) is 0 Å². The Balaban J connectivity index is 1.53. The van der Waals surface area contributed by atoms with Crippen LogP contribution in [0.15, 0.2) is 12.4 Å². The van der Waals surface area contributed by atoms with Gasteiger partial charge in [0, 0.05) is 31.9 Å². The van der Waals surface area contributed by atoms with Crippen molar-refractivity contribution in [2.24, 2.45) is 17.6 Å². The molecule has 4 heteroatoms. The summed E-state index contributed by atoms with van der Waals surface area (Å²) in [5.74, 6) is 1.60. The van der Waals surface area contributed by atoms with E-state index in [0.717, 1.165) is 24.9 Å². The van der Waals surface area contributed by atoms with Crippen LogP contribution < -0.4 is 5.73 Å². The Bertz CT molecular complexity index is 400. The van der Waals surface area contributed by atoms with Crippen molar-refractivity contribution < 1.29 is 0 Å². The van der Waals surface area contributed by atoms with Gasteiger partial charge < -0.3 is 10.6 Å². The zero-order valence-corrected chi connectivity index (χ0v) is 11.3. The fourth-order valence-corrected chi connectivity index (χ4v) is 3.62. The molecule has 2 aliphatic rings. The summed E-state index contributed by atoms with van der Waals surface area (Å²) in [5, 5.41) is 4.35. The van der Waals surface area contributed by atoms with Gasteiger partial charge in [0.25, 0.3) is 0 Å². The predicted octanol–water partition coefficient (Wildman–Crippen LogP) is 1.25. The van der Waals surface area contributed by atoms with Gasteiger partial charge >= 0.3 is 0 Å². The van der Waals surface area contributed by atoms with E-state index < -0.39 is 0 Å². The minimum Gasteiger partial charge on any atom is -0.327 e. The van der Waals surface area contributed by atoms with E-state index in [1.54, 1.807) is 0 Å². The van der Waals surface area contributed by atoms with Crippen molar-refractivity contribution in [3.8, 4) is 0 Å². The van der Waals surface area contributed by atoms with Crippen molar-refractivity contribution in [1.29, 1.82) is 0 Å². The van der Waals surface area contributed by atoms with Crippen LogP contribution in [0.3, 0.4) is 0 Å². The molecular formula is C14H24N4. The van der Waals surface area contributed by atoms with E-state index in [1.165, 1.54) is 37.9 Å². The van der Waals surface area contributed by atoms with Crippen LogP contribution in [-0.2, 0) is 6.54 Å². The molecule has 100 valence electrons. The molecule has 1 saturated carbocycles. The monoisotopic (exact) mass is 248 g/mol. The van der Waals surface area contributed by atoms with E-state index in [4.69, 9.17) is 5.73 Å². The Kier molecular flexibility index (Phi) is 3.39. The van der Waals surface area contributed by atoms with E-state index >= 15 is 0 Å². The normalized spacial score (nSPS) is 32.7. The highest BCUT2D eigenvalue weighted by Crippen LogP contribution is 2.35. The molecule has 0 spiro atoms. The third-order valence-corrected chi connectivity index (χ3v) is 4.64. The molecule has 3 unspecified atom stereocenters. The van der Waals surface area contributed by atoms with Crippen molar-refractivity contribution in [2.75, 3.05) is 19.6 Å². The van der Waals surface area contributed by atoms with Crippen LogP contribution in [0.25, 0.3) is 0 Å². The SMILES string of the molecule is Cc1cnn(CCN2CC3CCCC(N)C3C2)c1. The van der Waals surface area contributed by atoms with Crippen LogP contribution in [0.5, 0.6) is 0 Å². The number of hydrogen-bond donors (Lipinski definition) is 1. The average molecular weight is 248 g/mol. The molecule has 18 heavy (non-hydrogen) atoms. The molecule has 1 aliphatic carbocycles. The third-order valence-electron chi connectivity index (χ3n) is 4.64. The van der Waals surface area contributed by atoms with Gasteiger partial charge in [-0.15, -0.1) is 0 Å². The van der Waals surface area contributed by atoms with Crippen LogP contribution in [0.4, 0.5) is 0 Å². The molecule has 3 rings (SSSR count). The van der Waals surface area contributed by atoms with Gasteiger partial charge in [-0.1, -0.05) is 6.42 Å². The number of fused-ring (bicyclic) bond motifs is 1. The Labute approximate surface area is 109 Å². The standard InChI is InChI=1S/C14H24N4/c1-11-7-16-18(8-11)6-5-17-9-12-3-2-4-14(15)13(12)10-17/h7-8,12-14H,2-6,9-10,15H2,1H3. The van der Waals surface area contributed by atoms with E-state index in [2.05, 4.69) is 27.8 Å². The van der Waals surface area contributed by atoms with Gasteiger partial charge in [-0.05, 0) is 37.2 Å². The molecule has 0 aromatic carbocycles. The summed E-state index contributed by atoms with van der Waals surface area (Å²) >= 11 is 0. The zero-order valence-electron chi connectivity index (χ0n) is 11.3. The molecular weight excluding hydrogens is 224 g/mol. The number of likely N-dealkylation sites (tertiary alicyclic amines) is 1. The number of aromatic nitrogens is 2. The highest BCUT2D eigenvalue weighted by atomic mass is 15.3. The average Bonchev–Trinajstić information content (AvgIpc) is 2.93. The lowest BCUT2D eigenvalue weighted by molar-refractivity contribution is 0.259. The highest BCUT2D eigenvalue weighted by molar-refractivity contribution is 4.99. The fourth-order valence-electron chi connectivity index (χ4n) is 3.62. The molecule has 1 saturated heterocycles. The van der Waals surface area contributed by atoms with E-state index in [1.807, 2.05) is 6.20 Å². The van der Waals surface area contributed by atoms with Crippen molar-refractivity contribution in [3.63, 3.8) is 0 Å². The molecule has 2 fully saturated rings. The first kappa shape index (κ1) is 12.2. The fraction of sp³-hybridized carbons (Fsp3) is 0.786. The maximum atomic E-state index is 6.25. The van der Waals surface area contributed by atoms with E-state index in [-0.39, 0.29) is 0 Å². The van der Waals surface area contributed by atoms with Gasteiger partial charge in [0.2, 0.25) is 0 Å². The van der Waals surface area contributed by atoms with Gasteiger partial charge in [-0.2, -0.15) is 5.10 Å². The van der Waals surface area contributed by atoms with Crippen molar-refractivity contribution in [2.45, 2.75) is 38.8 Å². The summed E-state index contributed by atoms with van der Waals surface area (Å²) in [4.78, 5) is 2.58. The minimum atomic E-state index is 0.445. The lowest BCUT2D eigenvalue weighted by atomic mass is 9.78. The molecule has 1 aromatic rings. The van der Waals surface area contributed by atoms with Gasteiger partial charge in [0.1, 0.15) is 0 Å². The summed E-state index contributed by atoms with van der Waals surface area (Å²) in [6.45, 7) is 6.65. The Hall–Kier alpha value is -0.870. The molecule has 0 radical (unpaired) electrons. The van der Waals surface area contributed by atoms with Crippen LogP contribution in [-0.4, -0.2) is 40.4 Å². The Morgan fingerprint density at radius 3 is 2.94 bits per heavy atom. The maximum Gasteiger partial charge on any atom is 0.0536 e. The van der Waals surface area contributed by atoms with Gasteiger partial charge in [-0.25, -0.2) is 0 Å². The second-order valence-corrected chi connectivity index (χ2v) is 6.06. The van der Waals surface area contributed by atoms with Crippen molar-refractivity contribution in [1.82, 2.24) is 14.7 Å². The van der Waals surface area contributed by atoms with Crippen LogP contribution >= 0.6 is 0 Å². The molecule has 2 N–H and O–H groups in total. The largest absolute Gasteiger partial charge is 0.327 e. The summed E-state index contributed by atoms with van der Waals surface area (Å²) in [5.41, 5.74) is 7.49. The third kappa shape index (κ3) is 2.45. The molecule has 1 aromatic heterocycles. The predicted molar refractivity (Wildman–Crippen MR) is 72.2 cm³/mol. The highest BCUT2D eigenvalue weighted by Gasteiger charge is 2.38. The number of nitrogens with zero attached hydrogens (tertiary/aromatic N) is 3. The van der Waals surface area contributed by atoms with Crippen molar-refractivity contribution >= 4 is 0 Å². The Morgan fingerprint density at radius 1 is 1.33 bits per heavy atom. The van der Waals surface area contributed by atoms with Gasteiger partial charge in [-0.3, -0.25) is 4.68 Å². The van der Waals surface area contributed by atoms with E-state index in [9.17, 15) is 0 Å². The summed E-state index contributed by atoms with van der Waals surface area (Å²) in [6.07, 6.45) is 7.99. The molecule has 3 atom stereocenters. The number of hydrogen-bond acceptors (Lipinski definition) is 3. The maximum absolute atomic E-state index is 6.25. The molecule has 1 aliphatic heterocycles. The number of rotatable bonds is 3. The first-order chi connectivity index (χ1) is 8.72. The van der Waals surface area contributed by atoms with Crippen molar-refractivity contribution in [3.05, 3.63) is 18.0 Å². The summed E-state index contributed by atoms with van der Waals surface area (Å²) in [7, 11) is 0. The Morgan fingerprint density at radius 2 is 2.22 bits per heavy atom. The number of nitrogens with two attached hydrogens (primary N) is 1. The second kappa shape index (κ2) is 5.02. The molecule has 0 bridgehead atoms. The van der Waals surface area contributed by atoms with Crippen LogP contribution in [0.1, 0.15) is 24.8 Å². The van der Waals surface area contributed by atoms with Gasteiger partial charge in [0.05, 0.1) is 12.7 Å². The lowest BCUT2D eigenvalue weighted by Gasteiger charge is -2.29. The quantitative estimate of drug-likeness (QED) is 0.876. The zero-order chi connectivity index (χ0) is 12.5.